The third-order valence-corrected chi connectivity index (χ3v) is 1.99. The number of fused-ring (bicyclic) bond motifs is 1. The molecule has 0 aliphatic heterocycles. The molecule has 0 bridgehead atoms. The predicted molar refractivity (Wildman–Crippen MR) is 50.5 cm³/mol. The topological polar surface area (TPSA) is 56.2 Å². The maximum absolute atomic E-state index is 5.45. The Hall–Kier alpha value is -1.42. The van der Waals surface area contributed by atoms with Gasteiger partial charge in [0.05, 0.1) is 17.6 Å². The molecule has 0 radical (unpaired) electrons. The van der Waals surface area contributed by atoms with Crippen LogP contribution in [0.1, 0.15) is 11.4 Å². The van der Waals surface area contributed by atoms with Crippen molar-refractivity contribution in [3.8, 4) is 0 Å². The highest BCUT2D eigenvalue weighted by molar-refractivity contribution is 5.38. The van der Waals surface area contributed by atoms with Gasteiger partial charge in [-0.15, -0.1) is 0 Å². The van der Waals surface area contributed by atoms with Gasteiger partial charge in [0, 0.05) is 6.42 Å². The minimum Gasteiger partial charge on any atom is -0.330 e. The lowest BCUT2D eigenvalue weighted by atomic mass is 10.3. The maximum atomic E-state index is 5.45. The van der Waals surface area contributed by atoms with Crippen LogP contribution >= 0.6 is 0 Å². The molecule has 0 atom stereocenters. The fraction of sp³-hybridized carbons (Fsp3) is 0.333. The first kappa shape index (κ1) is 8.19. The van der Waals surface area contributed by atoms with Gasteiger partial charge < -0.3 is 5.73 Å². The molecule has 4 nitrogen and oxygen atoms in total. The molecule has 2 N–H and O–H groups in total. The number of imidazole rings is 1. The summed E-state index contributed by atoms with van der Waals surface area (Å²) in [5.41, 5.74) is 8.40. The van der Waals surface area contributed by atoms with Crippen LogP contribution in [0.25, 0.3) is 5.65 Å². The van der Waals surface area contributed by atoms with Crippen molar-refractivity contribution in [1.29, 1.82) is 0 Å². The molecule has 0 saturated carbocycles. The molecule has 0 fully saturated rings. The summed E-state index contributed by atoms with van der Waals surface area (Å²) in [4.78, 5) is 4.19. The van der Waals surface area contributed by atoms with Crippen LogP contribution in [-0.4, -0.2) is 21.1 Å². The van der Waals surface area contributed by atoms with E-state index < -0.39 is 0 Å². The van der Waals surface area contributed by atoms with Gasteiger partial charge in [0.25, 0.3) is 0 Å². The molecule has 13 heavy (non-hydrogen) atoms. The summed E-state index contributed by atoms with van der Waals surface area (Å²) in [6.07, 6.45) is 2.63. The van der Waals surface area contributed by atoms with Crippen molar-refractivity contribution in [2.24, 2.45) is 5.73 Å². The first-order chi connectivity index (χ1) is 6.31. The molecule has 0 spiro atoms. The molecular formula is C9H12N4. The average Bonchev–Trinajstić information content (AvgIpc) is 2.49. The zero-order valence-electron chi connectivity index (χ0n) is 7.57. The van der Waals surface area contributed by atoms with Gasteiger partial charge in [-0.1, -0.05) is 0 Å². The molecule has 2 heterocycles. The van der Waals surface area contributed by atoms with Crippen LogP contribution in [-0.2, 0) is 6.42 Å². The summed E-state index contributed by atoms with van der Waals surface area (Å²) in [7, 11) is 0. The largest absolute Gasteiger partial charge is 0.330 e. The molecule has 2 aromatic heterocycles. The summed E-state index contributed by atoms with van der Waals surface area (Å²) >= 11 is 0. The van der Waals surface area contributed by atoms with E-state index in [2.05, 4.69) is 10.1 Å². The van der Waals surface area contributed by atoms with Crippen LogP contribution in [0.5, 0.6) is 0 Å². The minimum absolute atomic E-state index is 0.631. The number of nitrogens with two attached hydrogens (primary N) is 1. The lowest BCUT2D eigenvalue weighted by Gasteiger charge is -1.99. The van der Waals surface area contributed by atoms with Crippen molar-refractivity contribution in [2.75, 3.05) is 6.54 Å². The van der Waals surface area contributed by atoms with E-state index in [1.807, 2.05) is 29.8 Å². The van der Waals surface area contributed by atoms with Gasteiger partial charge in [-0.05, 0) is 25.6 Å². The van der Waals surface area contributed by atoms with Crippen LogP contribution in [0.3, 0.4) is 0 Å². The number of aromatic nitrogens is 3. The standard InChI is InChI=1S/C9H12N4/c1-7-6-11-9-3-2-8(4-5-10)12-13(7)9/h2-3,6H,4-5,10H2,1H3. The quantitative estimate of drug-likeness (QED) is 0.726. The summed E-state index contributed by atoms with van der Waals surface area (Å²) in [6, 6.07) is 3.93. The second-order valence-corrected chi connectivity index (χ2v) is 3.03. The van der Waals surface area contributed by atoms with Crippen molar-refractivity contribution in [3.05, 3.63) is 29.7 Å². The number of nitrogens with zero attached hydrogens (tertiary/aromatic N) is 3. The van der Waals surface area contributed by atoms with Crippen molar-refractivity contribution in [3.63, 3.8) is 0 Å². The smallest absolute Gasteiger partial charge is 0.153 e. The fourth-order valence-electron chi connectivity index (χ4n) is 1.31. The third kappa shape index (κ3) is 1.40. The highest BCUT2D eigenvalue weighted by Crippen LogP contribution is 2.04. The second-order valence-electron chi connectivity index (χ2n) is 3.03. The van der Waals surface area contributed by atoms with Gasteiger partial charge in [0.2, 0.25) is 0 Å². The van der Waals surface area contributed by atoms with E-state index in [1.54, 1.807) is 0 Å². The number of aryl methyl sites for hydroxylation is 1. The van der Waals surface area contributed by atoms with Crippen molar-refractivity contribution in [2.45, 2.75) is 13.3 Å². The first-order valence-electron chi connectivity index (χ1n) is 4.31. The van der Waals surface area contributed by atoms with Crippen LogP contribution in [0.4, 0.5) is 0 Å². The number of rotatable bonds is 2. The van der Waals surface area contributed by atoms with E-state index in [1.165, 1.54) is 0 Å². The highest BCUT2D eigenvalue weighted by Gasteiger charge is 2.00. The molecule has 0 unspecified atom stereocenters. The predicted octanol–water partition coefficient (Wildman–Crippen LogP) is 0.539. The molecule has 2 rings (SSSR count). The normalized spacial score (nSPS) is 10.9. The second kappa shape index (κ2) is 3.14. The molecule has 68 valence electrons. The Morgan fingerprint density at radius 3 is 3.08 bits per heavy atom. The van der Waals surface area contributed by atoms with E-state index in [0.717, 1.165) is 23.5 Å². The first-order valence-corrected chi connectivity index (χ1v) is 4.31. The van der Waals surface area contributed by atoms with Crippen molar-refractivity contribution >= 4 is 5.65 Å². The minimum atomic E-state index is 0.631. The molecule has 4 heteroatoms. The Morgan fingerprint density at radius 2 is 2.31 bits per heavy atom. The zero-order chi connectivity index (χ0) is 9.26. The van der Waals surface area contributed by atoms with E-state index in [-0.39, 0.29) is 0 Å². The van der Waals surface area contributed by atoms with Crippen molar-refractivity contribution in [1.82, 2.24) is 14.6 Å². The highest BCUT2D eigenvalue weighted by atomic mass is 15.3. The Kier molecular flexibility index (Phi) is 1.98. The average molecular weight is 176 g/mol. The fourth-order valence-corrected chi connectivity index (χ4v) is 1.31. The Balaban J connectivity index is 2.53. The molecule has 0 aliphatic rings. The summed E-state index contributed by atoms with van der Waals surface area (Å²) in [5.74, 6) is 0. The van der Waals surface area contributed by atoms with Gasteiger partial charge in [0.15, 0.2) is 5.65 Å². The maximum Gasteiger partial charge on any atom is 0.153 e. The molecule has 0 amide bonds. The molecular weight excluding hydrogens is 164 g/mol. The van der Waals surface area contributed by atoms with Gasteiger partial charge in [-0.2, -0.15) is 5.10 Å². The Bertz CT molecular complexity index is 418. The molecule has 0 saturated heterocycles. The number of hydrogen-bond donors (Lipinski definition) is 1. The van der Waals surface area contributed by atoms with Gasteiger partial charge in [-0.3, -0.25) is 0 Å². The lowest BCUT2D eigenvalue weighted by Crippen LogP contribution is -2.06. The SMILES string of the molecule is Cc1cnc2ccc(CCN)nn12. The van der Waals surface area contributed by atoms with Crippen LogP contribution in [0.15, 0.2) is 18.3 Å². The van der Waals surface area contributed by atoms with Gasteiger partial charge >= 0.3 is 0 Å². The summed E-state index contributed by atoms with van der Waals surface area (Å²) in [5, 5.41) is 4.40. The van der Waals surface area contributed by atoms with Crippen LogP contribution < -0.4 is 5.73 Å². The van der Waals surface area contributed by atoms with E-state index in [4.69, 9.17) is 5.73 Å². The van der Waals surface area contributed by atoms with Gasteiger partial charge in [-0.25, -0.2) is 9.50 Å². The lowest BCUT2D eigenvalue weighted by molar-refractivity contribution is 0.814. The monoisotopic (exact) mass is 176 g/mol. The zero-order valence-corrected chi connectivity index (χ0v) is 7.57. The number of hydrogen-bond acceptors (Lipinski definition) is 3. The molecule has 0 aromatic carbocycles. The third-order valence-electron chi connectivity index (χ3n) is 1.99. The Morgan fingerprint density at radius 1 is 1.46 bits per heavy atom. The van der Waals surface area contributed by atoms with Crippen molar-refractivity contribution < 1.29 is 0 Å². The summed E-state index contributed by atoms with van der Waals surface area (Å²) in [6.45, 7) is 2.62. The molecule has 0 aliphatic carbocycles. The molecule has 2 aromatic rings. The van der Waals surface area contributed by atoms with Crippen LogP contribution in [0.2, 0.25) is 0 Å². The van der Waals surface area contributed by atoms with E-state index in [0.29, 0.717) is 6.54 Å². The summed E-state index contributed by atoms with van der Waals surface area (Å²) < 4.78 is 1.84. The van der Waals surface area contributed by atoms with Crippen LogP contribution in [0, 0.1) is 6.92 Å². The Labute approximate surface area is 76.4 Å². The van der Waals surface area contributed by atoms with E-state index in [9.17, 15) is 0 Å². The van der Waals surface area contributed by atoms with Gasteiger partial charge in [0.1, 0.15) is 0 Å². The van der Waals surface area contributed by atoms with E-state index >= 15 is 0 Å².